The molecule has 1 aromatic carbocycles. The first-order chi connectivity index (χ1) is 13.4. The van der Waals surface area contributed by atoms with Gasteiger partial charge in [0.1, 0.15) is 10.0 Å². The van der Waals surface area contributed by atoms with Crippen molar-refractivity contribution in [3.63, 3.8) is 0 Å². The van der Waals surface area contributed by atoms with Crippen LogP contribution < -0.4 is 10.0 Å². The Morgan fingerprint density at radius 1 is 1.18 bits per heavy atom. The number of halogens is 1. The van der Waals surface area contributed by atoms with Gasteiger partial charge in [0.15, 0.2) is 0 Å². The van der Waals surface area contributed by atoms with Crippen LogP contribution in [0.4, 0.5) is 14.9 Å². The van der Waals surface area contributed by atoms with Gasteiger partial charge in [-0.2, -0.15) is 0 Å². The smallest absolute Gasteiger partial charge is 0.321 e. The number of urea groups is 1. The van der Waals surface area contributed by atoms with E-state index >= 15 is 0 Å². The Labute approximate surface area is 168 Å². The summed E-state index contributed by atoms with van der Waals surface area (Å²) in [5.41, 5.74) is 0.545. The van der Waals surface area contributed by atoms with Gasteiger partial charge in [0.2, 0.25) is 10.0 Å². The molecule has 2 N–H and O–H groups in total. The van der Waals surface area contributed by atoms with Crippen LogP contribution in [-0.4, -0.2) is 39.0 Å². The number of nitrogens with one attached hydrogen (secondary N) is 2. The molecule has 152 valence electrons. The summed E-state index contributed by atoms with van der Waals surface area (Å²) in [5.74, 6) is -0.162. The molecule has 2 heterocycles. The van der Waals surface area contributed by atoms with Crippen molar-refractivity contribution in [2.75, 3.05) is 25.0 Å². The molecule has 0 aliphatic carbocycles. The van der Waals surface area contributed by atoms with Crippen molar-refractivity contribution in [1.29, 1.82) is 0 Å². The molecule has 1 fully saturated rings. The number of aryl methyl sites for hydroxylation is 1. The fourth-order valence-electron chi connectivity index (χ4n) is 3.07. The molecule has 2 amide bonds. The number of piperidine rings is 1. The normalized spacial score (nSPS) is 15.6. The van der Waals surface area contributed by atoms with Crippen molar-refractivity contribution in [2.45, 2.75) is 30.4 Å². The molecule has 1 aromatic heterocycles. The zero-order valence-corrected chi connectivity index (χ0v) is 17.3. The van der Waals surface area contributed by atoms with E-state index in [-0.39, 0.29) is 17.8 Å². The SMILES string of the molecule is CCc1ccc(S(=O)(=O)NCC2CCN(C(=O)Nc3ccc(F)cc3)CC2)s1. The van der Waals surface area contributed by atoms with Gasteiger partial charge in [0.25, 0.3) is 0 Å². The Bertz CT molecular complexity index is 905. The third-order valence-electron chi connectivity index (χ3n) is 4.81. The minimum atomic E-state index is -3.48. The summed E-state index contributed by atoms with van der Waals surface area (Å²) in [6.45, 7) is 3.47. The summed E-state index contributed by atoms with van der Waals surface area (Å²) < 4.78 is 40.8. The average molecular weight is 426 g/mol. The van der Waals surface area contributed by atoms with Gasteiger partial charge in [0, 0.05) is 30.2 Å². The number of hydrogen-bond acceptors (Lipinski definition) is 4. The zero-order valence-electron chi connectivity index (χ0n) is 15.7. The van der Waals surface area contributed by atoms with Gasteiger partial charge in [-0.15, -0.1) is 11.3 Å². The molecule has 0 atom stereocenters. The van der Waals surface area contributed by atoms with Gasteiger partial charge in [0.05, 0.1) is 0 Å². The highest BCUT2D eigenvalue weighted by Gasteiger charge is 2.25. The van der Waals surface area contributed by atoms with Gasteiger partial charge >= 0.3 is 6.03 Å². The molecule has 1 aliphatic heterocycles. The topological polar surface area (TPSA) is 78.5 Å². The Morgan fingerprint density at radius 3 is 2.46 bits per heavy atom. The summed E-state index contributed by atoms with van der Waals surface area (Å²) >= 11 is 1.30. The second kappa shape index (κ2) is 9.02. The van der Waals surface area contributed by atoms with Crippen molar-refractivity contribution in [3.8, 4) is 0 Å². The lowest BCUT2D eigenvalue weighted by molar-refractivity contribution is 0.183. The first-order valence-corrected chi connectivity index (χ1v) is 11.6. The second-order valence-electron chi connectivity index (χ2n) is 6.79. The molecule has 2 aromatic rings. The summed E-state index contributed by atoms with van der Waals surface area (Å²) in [4.78, 5) is 15.0. The van der Waals surface area contributed by atoms with E-state index in [4.69, 9.17) is 0 Å². The standard InChI is InChI=1S/C19H24FN3O3S2/c1-2-17-7-8-18(27-17)28(25,26)21-13-14-9-11-23(12-10-14)19(24)22-16-5-3-15(20)4-6-16/h3-8,14,21H,2,9-13H2,1H3,(H,22,24). The van der Waals surface area contributed by atoms with Crippen LogP contribution in [0.3, 0.4) is 0 Å². The van der Waals surface area contributed by atoms with E-state index in [1.54, 1.807) is 11.0 Å². The van der Waals surface area contributed by atoms with Crippen LogP contribution in [-0.2, 0) is 16.4 Å². The number of benzene rings is 1. The van der Waals surface area contributed by atoms with E-state index in [0.717, 1.165) is 24.1 Å². The molecule has 0 radical (unpaired) electrons. The molecular weight excluding hydrogens is 401 g/mol. The largest absolute Gasteiger partial charge is 0.325 e. The van der Waals surface area contributed by atoms with Crippen LogP contribution in [0.2, 0.25) is 0 Å². The number of rotatable bonds is 6. The van der Waals surface area contributed by atoms with Crippen molar-refractivity contribution >= 4 is 33.1 Å². The molecular formula is C19H24FN3O3S2. The van der Waals surface area contributed by atoms with Crippen LogP contribution >= 0.6 is 11.3 Å². The number of nitrogens with zero attached hydrogens (tertiary/aromatic N) is 1. The molecule has 0 unspecified atom stereocenters. The molecule has 9 heteroatoms. The van der Waals surface area contributed by atoms with Gasteiger partial charge in [-0.25, -0.2) is 22.3 Å². The Balaban J connectivity index is 1.46. The van der Waals surface area contributed by atoms with Gasteiger partial charge in [-0.1, -0.05) is 6.92 Å². The molecule has 6 nitrogen and oxygen atoms in total. The monoisotopic (exact) mass is 425 g/mol. The average Bonchev–Trinajstić information content (AvgIpc) is 3.19. The number of thiophene rings is 1. The maximum Gasteiger partial charge on any atom is 0.321 e. The molecule has 28 heavy (non-hydrogen) atoms. The molecule has 1 aliphatic rings. The van der Waals surface area contributed by atoms with Crippen LogP contribution in [0.1, 0.15) is 24.6 Å². The third-order valence-corrected chi connectivity index (χ3v) is 7.95. The van der Waals surface area contributed by atoms with E-state index < -0.39 is 10.0 Å². The van der Waals surface area contributed by atoms with Crippen LogP contribution in [0.25, 0.3) is 0 Å². The van der Waals surface area contributed by atoms with E-state index in [9.17, 15) is 17.6 Å². The number of likely N-dealkylation sites (tertiary alicyclic amines) is 1. The highest BCUT2D eigenvalue weighted by atomic mass is 32.2. The molecule has 1 saturated heterocycles. The number of anilines is 1. The van der Waals surface area contributed by atoms with E-state index in [1.165, 1.54) is 35.6 Å². The van der Waals surface area contributed by atoms with E-state index in [0.29, 0.717) is 29.5 Å². The summed E-state index contributed by atoms with van der Waals surface area (Å²) in [6, 6.07) is 8.89. The van der Waals surface area contributed by atoms with Crippen molar-refractivity contribution in [3.05, 3.63) is 47.1 Å². The first-order valence-electron chi connectivity index (χ1n) is 9.27. The van der Waals surface area contributed by atoms with Crippen molar-refractivity contribution < 1.29 is 17.6 Å². The Kier molecular flexibility index (Phi) is 6.69. The van der Waals surface area contributed by atoms with E-state index in [2.05, 4.69) is 10.0 Å². The minimum Gasteiger partial charge on any atom is -0.325 e. The number of hydrogen-bond donors (Lipinski definition) is 2. The Morgan fingerprint density at radius 2 is 1.86 bits per heavy atom. The maximum atomic E-state index is 12.9. The van der Waals surface area contributed by atoms with Gasteiger partial charge in [-0.05, 0) is 61.6 Å². The molecule has 0 saturated carbocycles. The first kappa shape index (κ1) is 20.8. The van der Waals surface area contributed by atoms with Gasteiger partial charge in [-0.3, -0.25) is 0 Å². The van der Waals surface area contributed by atoms with Crippen LogP contribution in [0, 0.1) is 11.7 Å². The lowest BCUT2D eigenvalue weighted by Gasteiger charge is -2.32. The fourth-order valence-corrected chi connectivity index (χ4v) is 5.52. The molecule has 0 bridgehead atoms. The van der Waals surface area contributed by atoms with Gasteiger partial charge < -0.3 is 10.2 Å². The second-order valence-corrected chi connectivity index (χ2v) is 9.96. The minimum absolute atomic E-state index is 0.190. The highest BCUT2D eigenvalue weighted by molar-refractivity contribution is 7.91. The van der Waals surface area contributed by atoms with Crippen LogP contribution in [0.5, 0.6) is 0 Å². The zero-order chi connectivity index (χ0) is 20.1. The maximum absolute atomic E-state index is 12.9. The summed E-state index contributed by atoms with van der Waals surface area (Å²) in [7, 11) is -3.48. The quantitative estimate of drug-likeness (QED) is 0.741. The number of sulfonamides is 1. The molecule has 0 spiro atoms. The highest BCUT2D eigenvalue weighted by Crippen LogP contribution is 2.23. The Hall–Kier alpha value is -1.97. The lowest BCUT2D eigenvalue weighted by Crippen LogP contribution is -2.43. The van der Waals surface area contributed by atoms with E-state index in [1.807, 2.05) is 13.0 Å². The number of amides is 2. The van der Waals surface area contributed by atoms with Crippen molar-refractivity contribution in [1.82, 2.24) is 9.62 Å². The molecule has 3 rings (SSSR count). The summed E-state index contributed by atoms with van der Waals surface area (Å²) in [6.07, 6.45) is 2.27. The number of carbonyl (C=O) groups is 1. The predicted molar refractivity (Wildman–Crippen MR) is 109 cm³/mol. The van der Waals surface area contributed by atoms with Crippen LogP contribution in [0.15, 0.2) is 40.6 Å². The third kappa shape index (κ3) is 5.30. The predicted octanol–water partition coefficient (Wildman–Crippen LogP) is 3.67. The van der Waals surface area contributed by atoms with Crippen molar-refractivity contribution in [2.24, 2.45) is 5.92 Å². The fraction of sp³-hybridized carbons (Fsp3) is 0.421. The number of carbonyl (C=O) groups excluding carboxylic acids is 1. The lowest BCUT2D eigenvalue weighted by atomic mass is 9.97. The summed E-state index contributed by atoms with van der Waals surface area (Å²) in [5, 5.41) is 2.75.